The number of nitrogens with two attached hydrogens (primary N) is 1. The molecule has 0 aromatic rings. The molecule has 1 aliphatic heterocycles. The van der Waals surface area contributed by atoms with Crippen molar-refractivity contribution in [2.24, 2.45) is 11.1 Å². The molecule has 0 aliphatic carbocycles. The van der Waals surface area contributed by atoms with E-state index in [0.717, 1.165) is 19.3 Å². The van der Waals surface area contributed by atoms with E-state index in [1.807, 2.05) is 0 Å². The van der Waals surface area contributed by atoms with E-state index in [-0.39, 0.29) is 18.4 Å². The Labute approximate surface area is 124 Å². The van der Waals surface area contributed by atoms with Gasteiger partial charge in [0.1, 0.15) is 0 Å². The predicted molar refractivity (Wildman–Crippen MR) is 77.6 cm³/mol. The molecule has 120 valence electrons. The second-order valence-electron chi connectivity index (χ2n) is 5.89. The summed E-state index contributed by atoms with van der Waals surface area (Å²) in [4.78, 5) is 35.2. The molecule has 4 N–H and O–H groups in total. The zero-order chi connectivity index (χ0) is 15.9. The van der Waals surface area contributed by atoms with E-state index >= 15 is 0 Å². The molecule has 1 heterocycles. The third-order valence-electron chi connectivity index (χ3n) is 3.95. The monoisotopic (exact) mass is 299 g/mol. The van der Waals surface area contributed by atoms with Crippen LogP contribution in [0.15, 0.2) is 0 Å². The minimum absolute atomic E-state index is 0.162. The molecule has 0 radical (unpaired) electrons. The second-order valence-corrected chi connectivity index (χ2v) is 5.89. The highest BCUT2D eigenvalue weighted by Crippen LogP contribution is 2.29. The summed E-state index contributed by atoms with van der Waals surface area (Å²) >= 11 is 0. The third-order valence-corrected chi connectivity index (χ3v) is 3.95. The molecule has 21 heavy (non-hydrogen) atoms. The highest BCUT2D eigenvalue weighted by molar-refractivity contribution is 5.83. The first-order valence-electron chi connectivity index (χ1n) is 7.39. The van der Waals surface area contributed by atoms with Crippen LogP contribution < -0.4 is 11.1 Å². The summed E-state index contributed by atoms with van der Waals surface area (Å²) in [7, 11) is 0. The van der Waals surface area contributed by atoms with E-state index in [0.29, 0.717) is 32.5 Å². The minimum Gasteiger partial charge on any atom is -0.481 e. The smallest absolute Gasteiger partial charge is 0.317 e. The molecule has 7 nitrogen and oxygen atoms in total. The number of carbonyl (C=O) groups is 3. The molecule has 1 saturated heterocycles. The summed E-state index contributed by atoms with van der Waals surface area (Å²) in [6.07, 6.45) is 4.05. The van der Waals surface area contributed by atoms with E-state index in [1.54, 1.807) is 11.8 Å². The summed E-state index contributed by atoms with van der Waals surface area (Å²) in [5, 5.41) is 11.3. The SMILES string of the molecule is CC1(C(N)=O)CCN(C(=O)NCCCCCCC(=O)O)C1. The lowest BCUT2D eigenvalue weighted by atomic mass is 9.89. The molecule has 7 heteroatoms. The van der Waals surface area contributed by atoms with Gasteiger partial charge in [-0.2, -0.15) is 0 Å². The fraction of sp³-hybridized carbons (Fsp3) is 0.786. The molecule has 0 aromatic heterocycles. The van der Waals surface area contributed by atoms with Gasteiger partial charge in [-0.3, -0.25) is 9.59 Å². The van der Waals surface area contributed by atoms with Gasteiger partial charge in [-0.25, -0.2) is 4.79 Å². The van der Waals surface area contributed by atoms with Crippen molar-refractivity contribution in [3.8, 4) is 0 Å². The van der Waals surface area contributed by atoms with Crippen molar-refractivity contribution >= 4 is 17.9 Å². The topological polar surface area (TPSA) is 113 Å². The highest BCUT2D eigenvalue weighted by Gasteiger charge is 2.40. The zero-order valence-electron chi connectivity index (χ0n) is 12.6. The fourth-order valence-corrected chi connectivity index (χ4v) is 2.40. The molecular formula is C14H25N3O4. The van der Waals surface area contributed by atoms with Crippen LogP contribution in [-0.4, -0.2) is 47.5 Å². The van der Waals surface area contributed by atoms with Crippen LogP contribution in [0.4, 0.5) is 4.79 Å². The van der Waals surface area contributed by atoms with E-state index in [2.05, 4.69) is 5.32 Å². The summed E-state index contributed by atoms with van der Waals surface area (Å²) in [6.45, 7) is 3.26. The van der Waals surface area contributed by atoms with Crippen molar-refractivity contribution in [1.82, 2.24) is 10.2 Å². The number of urea groups is 1. The number of likely N-dealkylation sites (tertiary alicyclic amines) is 1. The first-order chi connectivity index (χ1) is 9.85. The van der Waals surface area contributed by atoms with Crippen molar-refractivity contribution in [2.45, 2.75) is 45.4 Å². The number of unbranched alkanes of at least 4 members (excludes halogenated alkanes) is 3. The number of amides is 3. The normalized spacial score (nSPS) is 21.3. The average Bonchev–Trinajstić information content (AvgIpc) is 2.81. The van der Waals surface area contributed by atoms with Crippen molar-refractivity contribution < 1.29 is 19.5 Å². The number of carboxylic acid groups (broad SMARTS) is 1. The van der Waals surface area contributed by atoms with Crippen LogP contribution >= 0.6 is 0 Å². The van der Waals surface area contributed by atoms with Gasteiger partial charge < -0.3 is 21.1 Å². The first-order valence-corrected chi connectivity index (χ1v) is 7.39. The highest BCUT2D eigenvalue weighted by atomic mass is 16.4. The summed E-state index contributed by atoms with van der Waals surface area (Å²) in [5.74, 6) is -1.13. The minimum atomic E-state index is -0.769. The Morgan fingerprint density at radius 2 is 1.90 bits per heavy atom. The standard InChI is InChI=1S/C14H25N3O4/c1-14(12(15)20)7-9-17(10-14)13(21)16-8-5-3-2-4-6-11(18)19/h2-10H2,1H3,(H2,15,20)(H,16,21)(H,18,19). The van der Waals surface area contributed by atoms with E-state index in [1.165, 1.54) is 0 Å². The molecule has 1 fully saturated rings. The van der Waals surface area contributed by atoms with Crippen molar-refractivity contribution in [2.75, 3.05) is 19.6 Å². The lowest BCUT2D eigenvalue weighted by molar-refractivity contribution is -0.137. The van der Waals surface area contributed by atoms with E-state index in [9.17, 15) is 14.4 Å². The number of carboxylic acids is 1. The largest absolute Gasteiger partial charge is 0.481 e. The number of nitrogens with zero attached hydrogens (tertiary/aromatic N) is 1. The quantitative estimate of drug-likeness (QED) is 0.578. The van der Waals surface area contributed by atoms with E-state index < -0.39 is 11.4 Å². The van der Waals surface area contributed by atoms with Crippen molar-refractivity contribution in [1.29, 1.82) is 0 Å². The van der Waals surface area contributed by atoms with Gasteiger partial charge in [-0.1, -0.05) is 12.8 Å². The molecule has 1 aliphatic rings. The van der Waals surface area contributed by atoms with Crippen LogP contribution in [0.5, 0.6) is 0 Å². The van der Waals surface area contributed by atoms with Crippen LogP contribution in [0.25, 0.3) is 0 Å². The number of aliphatic carboxylic acids is 1. The second kappa shape index (κ2) is 7.85. The van der Waals surface area contributed by atoms with Gasteiger partial charge in [-0.15, -0.1) is 0 Å². The van der Waals surface area contributed by atoms with Crippen LogP contribution in [0.1, 0.15) is 45.4 Å². The Morgan fingerprint density at radius 1 is 1.24 bits per heavy atom. The molecule has 0 bridgehead atoms. The lowest BCUT2D eigenvalue weighted by Crippen LogP contribution is -2.42. The summed E-state index contributed by atoms with van der Waals surface area (Å²) < 4.78 is 0. The molecule has 1 rings (SSSR count). The number of primary amides is 1. The molecule has 0 saturated carbocycles. The van der Waals surface area contributed by atoms with Gasteiger partial charge >= 0.3 is 12.0 Å². The Morgan fingerprint density at radius 3 is 2.48 bits per heavy atom. The Bertz CT molecular complexity index is 400. The maximum absolute atomic E-state index is 11.9. The van der Waals surface area contributed by atoms with Gasteiger partial charge in [-0.05, 0) is 26.2 Å². The number of nitrogens with one attached hydrogen (secondary N) is 1. The summed E-state index contributed by atoms with van der Waals surface area (Å²) in [5.41, 5.74) is 4.73. The average molecular weight is 299 g/mol. The number of hydrogen-bond acceptors (Lipinski definition) is 3. The number of rotatable bonds is 8. The molecule has 1 atom stereocenters. The van der Waals surface area contributed by atoms with Crippen molar-refractivity contribution in [3.63, 3.8) is 0 Å². The van der Waals surface area contributed by atoms with Crippen LogP contribution in [0.2, 0.25) is 0 Å². The first kappa shape index (κ1) is 17.3. The maximum Gasteiger partial charge on any atom is 0.317 e. The fourth-order valence-electron chi connectivity index (χ4n) is 2.40. The van der Waals surface area contributed by atoms with Crippen LogP contribution in [0, 0.1) is 5.41 Å². The van der Waals surface area contributed by atoms with Crippen LogP contribution in [-0.2, 0) is 9.59 Å². The number of carbonyl (C=O) groups excluding carboxylic acids is 2. The van der Waals surface area contributed by atoms with Crippen LogP contribution in [0.3, 0.4) is 0 Å². The predicted octanol–water partition coefficient (Wildman–Crippen LogP) is 0.928. The molecule has 1 unspecified atom stereocenters. The molecule has 0 spiro atoms. The zero-order valence-corrected chi connectivity index (χ0v) is 12.6. The Kier molecular flexibility index (Phi) is 6.45. The van der Waals surface area contributed by atoms with Gasteiger partial charge in [0.05, 0.1) is 5.41 Å². The van der Waals surface area contributed by atoms with Gasteiger partial charge in [0.25, 0.3) is 0 Å². The Hall–Kier alpha value is -1.79. The van der Waals surface area contributed by atoms with Gasteiger partial charge in [0.15, 0.2) is 0 Å². The maximum atomic E-state index is 11.9. The van der Waals surface area contributed by atoms with E-state index in [4.69, 9.17) is 10.8 Å². The molecule has 3 amide bonds. The Balaban J connectivity index is 2.12. The number of hydrogen-bond donors (Lipinski definition) is 3. The van der Waals surface area contributed by atoms with Gasteiger partial charge in [0, 0.05) is 26.1 Å². The molecular weight excluding hydrogens is 274 g/mol. The third kappa shape index (κ3) is 5.61. The van der Waals surface area contributed by atoms with Crippen molar-refractivity contribution in [3.05, 3.63) is 0 Å². The lowest BCUT2D eigenvalue weighted by Gasteiger charge is -2.21. The molecule has 0 aromatic carbocycles. The summed E-state index contributed by atoms with van der Waals surface area (Å²) in [6, 6.07) is -0.162. The van der Waals surface area contributed by atoms with Gasteiger partial charge in [0.2, 0.25) is 5.91 Å².